The van der Waals surface area contributed by atoms with E-state index in [1.54, 1.807) is 0 Å². The van der Waals surface area contributed by atoms with Crippen LogP contribution >= 0.6 is 0 Å². The van der Waals surface area contributed by atoms with Gasteiger partial charge in [0.15, 0.2) is 5.78 Å². The van der Waals surface area contributed by atoms with Gasteiger partial charge in [-0.3, -0.25) is 4.79 Å². The standard InChI is InChI=1S/C8H16O2.C8H16O/c1-7(9)5-10-6-8(2,3)4;1-7(2)5-9-6-8-3-4-8/h5-6H2,1-4H3;7-8H,3-6H2,1-2H3. The van der Waals surface area contributed by atoms with Gasteiger partial charge < -0.3 is 9.47 Å². The second-order valence-electron chi connectivity index (χ2n) is 7.13. The summed E-state index contributed by atoms with van der Waals surface area (Å²) in [5.41, 5.74) is 0.162. The molecule has 0 aromatic carbocycles. The fourth-order valence-electron chi connectivity index (χ4n) is 1.26. The van der Waals surface area contributed by atoms with E-state index in [2.05, 4.69) is 34.6 Å². The minimum absolute atomic E-state index is 0.0873. The SMILES string of the molecule is CC(=O)COCC(C)(C)C.CC(C)COCC1CC1. The van der Waals surface area contributed by atoms with Crippen molar-refractivity contribution in [2.24, 2.45) is 17.3 Å². The van der Waals surface area contributed by atoms with Gasteiger partial charge in [-0.25, -0.2) is 0 Å². The number of Topliss-reactive ketones (excluding diaryl/α,β-unsaturated/α-hetero) is 1. The Balaban J connectivity index is 0.000000342. The van der Waals surface area contributed by atoms with Crippen molar-refractivity contribution in [2.75, 3.05) is 26.4 Å². The lowest BCUT2D eigenvalue weighted by Gasteiger charge is -2.16. The Bertz CT molecular complexity index is 235. The normalized spacial score (nSPS) is 15.1. The van der Waals surface area contributed by atoms with Crippen LogP contribution < -0.4 is 0 Å². The number of ketones is 1. The molecule has 0 amide bonds. The molecule has 0 saturated heterocycles. The highest BCUT2D eigenvalue weighted by atomic mass is 16.5. The van der Waals surface area contributed by atoms with Crippen molar-refractivity contribution in [3.05, 3.63) is 0 Å². The van der Waals surface area contributed by atoms with Crippen LogP contribution in [0.15, 0.2) is 0 Å². The van der Waals surface area contributed by atoms with Crippen LogP contribution in [0, 0.1) is 17.3 Å². The molecule has 1 rings (SSSR count). The van der Waals surface area contributed by atoms with Crippen molar-refractivity contribution in [1.29, 1.82) is 0 Å². The van der Waals surface area contributed by atoms with Gasteiger partial charge in [-0.2, -0.15) is 0 Å². The van der Waals surface area contributed by atoms with E-state index in [1.165, 1.54) is 19.8 Å². The number of rotatable bonds is 7. The molecule has 0 unspecified atom stereocenters. The molecule has 0 N–H and O–H groups in total. The molecule has 0 radical (unpaired) electrons. The van der Waals surface area contributed by atoms with Crippen molar-refractivity contribution in [3.63, 3.8) is 0 Å². The van der Waals surface area contributed by atoms with E-state index in [1.807, 2.05) is 0 Å². The number of ether oxygens (including phenoxy) is 2. The lowest BCUT2D eigenvalue weighted by atomic mass is 9.99. The molecule has 3 heteroatoms. The third-order valence-electron chi connectivity index (χ3n) is 2.34. The highest BCUT2D eigenvalue weighted by Crippen LogP contribution is 2.28. The molecule has 1 aliphatic rings. The summed E-state index contributed by atoms with van der Waals surface area (Å²) in [6.45, 7) is 15.0. The van der Waals surface area contributed by atoms with Crippen molar-refractivity contribution in [3.8, 4) is 0 Å². The van der Waals surface area contributed by atoms with Crippen LogP contribution in [-0.4, -0.2) is 32.2 Å². The smallest absolute Gasteiger partial charge is 0.155 e. The first-order valence-corrected chi connectivity index (χ1v) is 7.35. The summed E-state index contributed by atoms with van der Waals surface area (Å²) < 4.78 is 10.5. The van der Waals surface area contributed by atoms with Crippen molar-refractivity contribution in [1.82, 2.24) is 0 Å². The highest BCUT2D eigenvalue weighted by molar-refractivity contribution is 5.76. The molecule has 114 valence electrons. The van der Waals surface area contributed by atoms with Gasteiger partial charge in [0.1, 0.15) is 6.61 Å². The molecule has 1 fully saturated rings. The minimum Gasteiger partial charge on any atom is -0.381 e. The molecule has 0 atom stereocenters. The average Bonchev–Trinajstić information content (AvgIpc) is 2.99. The van der Waals surface area contributed by atoms with Crippen LogP contribution in [0.2, 0.25) is 0 Å². The highest BCUT2D eigenvalue weighted by Gasteiger charge is 2.20. The average molecular weight is 272 g/mol. The van der Waals surface area contributed by atoms with Crippen molar-refractivity contribution >= 4 is 5.78 Å². The van der Waals surface area contributed by atoms with E-state index >= 15 is 0 Å². The van der Waals surface area contributed by atoms with Crippen molar-refractivity contribution in [2.45, 2.75) is 54.4 Å². The summed E-state index contributed by atoms with van der Waals surface area (Å²) in [4.78, 5) is 10.4. The summed E-state index contributed by atoms with van der Waals surface area (Å²) in [5.74, 6) is 1.71. The summed E-state index contributed by atoms with van der Waals surface area (Å²) >= 11 is 0. The second kappa shape index (κ2) is 9.49. The number of hydrogen-bond donors (Lipinski definition) is 0. The fourth-order valence-corrected chi connectivity index (χ4v) is 1.26. The van der Waals surface area contributed by atoms with Gasteiger partial charge in [0.05, 0.1) is 6.61 Å². The van der Waals surface area contributed by atoms with E-state index in [0.29, 0.717) is 12.5 Å². The molecule has 0 bridgehead atoms. The largest absolute Gasteiger partial charge is 0.381 e. The summed E-state index contributed by atoms with van der Waals surface area (Å²) in [6, 6.07) is 0. The van der Waals surface area contributed by atoms with Gasteiger partial charge in [0.25, 0.3) is 0 Å². The zero-order chi connectivity index (χ0) is 14.9. The molecule has 0 heterocycles. The predicted molar refractivity (Wildman–Crippen MR) is 79.3 cm³/mol. The van der Waals surface area contributed by atoms with Crippen LogP contribution in [0.3, 0.4) is 0 Å². The monoisotopic (exact) mass is 272 g/mol. The number of carbonyl (C=O) groups excluding carboxylic acids is 1. The van der Waals surface area contributed by atoms with Gasteiger partial charge in [-0.15, -0.1) is 0 Å². The Hall–Kier alpha value is -0.410. The first kappa shape index (κ1) is 18.6. The Labute approximate surface area is 119 Å². The van der Waals surface area contributed by atoms with Crippen LogP contribution in [0.1, 0.15) is 54.4 Å². The van der Waals surface area contributed by atoms with Crippen LogP contribution in [0.25, 0.3) is 0 Å². The van der Waals surface area contributed by atoms with Crippen LogP contribution in [0.5, 0.6) is 0 Å². The topological polar surface area (TPSA) is 35.5 Å². The van der Waals surface area contributed by atoms with E-state index in [-0.39, 0.29) is 17.8 Å². The molecule has 1 saturated carbocycles. The first-order chi connectivity index (χ1) is 8.70. The number of hydrogen-bond acceptors (Lipinski definition) is 3. The summed E-state index contributed by atoms with van der Waals surface area (Å²) in [7, 11) is 0. The van der Waals surface area contributed by atoms with Crippen LogP contribution in [0.4, 0.5) is 0 Å². The maximum absolute atomic E-state index is 10.4. The maximum atomic E-state index is 10.4. The quantitative estimate of drug-likeness (QED) is 0.709. The van der Waals surface area contributed by atoms with Gasteiger partial charge in [0.2, 0.25) is 0 Å². The zero-order valence-corrected chi connectivity index (χ0v) is 13.6. The van der Waals surface area contributed by atoms with E-state index < -0.39 is 0 Å². The molecular formula is C16H32O3. The molecule has 1 aliphatic carbocycles. The minimum atomic E-state index is 0.0873. The summed E-state index contributed by atoms with van der Waals surface area (Å²) in [5, 5.41) is 0. The Morgan fingerprint density at radius 1 is 1.21 bits per heavy atom. The van der Waals surface area contributed by atoms with Gasteiger partial charge in [0, 0.05) is 13.2 Å². The molecule has 19 heavy (non-hydrogen) atoms. The Morgan fingerprint density at radius 2 is 1.79 bits per heavy atom. The predicted octanol–water partition coefficient (Wildman–Crippen LogP) is 3.71. The van der Waals surface area contributed by atoms with Gasteiger partial charge >= 0.3 is 0 Å². The Kier molecular flexibility index (Phi) is 9.28. The van der Waals surface area contributed by atoms with Crippen LogP contribution in [-0.2, 0) is 14.3 Å². The third kappa shape index (κ3) is 17.6. The molecule has 0 aliphatic heterocycles. The molecule has 0 aromatic rings. The van der Waals surface area contributed by atoms with Gasteiger partial charge in [-0.1, -0.05) is 34.6 Å². The lowest BCUT2D eigenvalue weighted by molar-refractivity contribution is -0.122. The molecular weight excluding hydrogens is 240 g/mol. The van der Waals surface area contributed by atoms with E-state index in [0.717, 1.165) is 19.1 Å². The van der Waals surface area contributed by atoms with Gasteiger partial charge in [-0.05, 0) is 37.0 Å². The number of carbonyl (C=O) groups is 1. The fraction of sp³-hybridized carbons (Fsp3) is 0.938. The van der Waals surface area contributed by atoms with E-state index in [9.17, 15) is 4.79 Å². The molecule has 0 spiro atoms. The third-order valence-corrected chi connectivity index (χ3v) is 2.34. The Morgan fingerprint density at radius 3 is 2.16 bits per heavy atom. The lowest BCUT2D eigenvalue weighted by Crippen LogP contribution is -2.17. The van der Waals surface area contributed by atoms with E-state index in [4.69, 9.17) is 9.47 Å². The summed E-state index contributed by atoms with van der Waals surface area (Å²) in [6.07, 6.45) is 2.80. The second-order valence-corrected chi connectivity index (χ2v) is 7.13. The first-order valence-electron chi connectivity index (χ1n) is 7.35. The van der Waals surface area contributed by atoms with Crippen molar-refractivity contribution < 1.29 is 14.3 Å². The molecule has 0 aromatic heterocycles. The zero-order valence-electron chi connectivity index (χ0n) is 13.6. The maximum Gasteiger partial charge on any atom is 0.155 e. The molecule has 3 nitrogen and oxygen atoms in total.